The molecule has 0 spiro atoms. The van der Waals surface area contributed by atoms with Gasteiger partial charge in [0.2, 0.25) is 5.91 Å². The molecular formula is C18H21N3O3. The zero-order valence-corrected chi connectivity index (χ0v) is 13.8. The maximum atomic E-state index is 12.4. The molecule has 0 saturated heterocycles. The summed E-state index contributed by atoms with van der Waals surface area (Å²) in [7, 11) is 1.55. The smallest absolute Gasteiger partial charge is 0.255 e. The van der Waals surface area contributed by atoms with E-state index in [9.17, 15) is 9.59 Å². The Bertz CT molecular complexity index is 744. The van der Waals surface area contributed by atoms with Gasteiger partial charge in [-0.3, -0.25) is 9.59 Å². The van der Waals surface area contributed by atoms with E-state index in [4.69, 9.17) is 10.5 Å². The summed E-state index contributed by atoms with van der Waals surface area (Å²) in [6.07, 6.45) is 0.249. The van der Waals surface area contributed by atoms with Crippen molar-refractivity contribution in [2.45, 2.75) is 13.3 Å². The summed E-state index contributed by atoms with van der Waals surface area (Å²) in [4.78, 5) is 24.0. The first-order chi connectivity index (χ1) is 11.5. The highest BCUT2D eigenvalue weighted by atomic mass is 16.5. The first-order valence-electron chi connectivity index (χ1n) is 7.59. The lowest BCUT2D eigenvalue weighted by atomic mass is 10.1. The molecule has 24 heavy (non-hydrogen) atoms. The van der Waals surface area contributed by atoms with Crippen molar-refractivity contribution in [1.82, 2.24) is 0 Å². The van der Waals surface area contributed by atoms with Crippen molar-refractivity contribution in [2.24, 2.45) is 5.73 Å². The van der Waals surface area contributed by atoms with Crippen LogP contribution in [0.25, 0.3) is 0 Å². The van der Waals surface area contributed by atoms with E-state index in [0.29, 0.717) is 22.7 Å². The van der Waals surface area contributed by atoms with Crippen molar-refractivity contribution < 1.29 is 14.3 Å². The molecule has 0 saturated carbocycles. The van der Waals surface area contributed by atoms with Crippen LogP contribution in [0.4, 0.5) is 11.4 Å². The molecule has 0 fully saturated rings. The van der Waals surface area contributed by atoms with E-state index in [0.717, 1.165) is 5.56 Å². The fraction of sp³-hybridized carbons (Fsp3) is 0.222. The van der Waals surface area contributed by atoms with Crippen molar-refractivity contribution >= 4 is 23.2 Å². The van der Waals surface area contributed by atoms with Crippen molar-refractivity contribution in [3.05, 3.63) is 53.6 Å². The SMILES string of the molecule is COc1cccc(C(=O)Nc2cc(NC(=O)CCN)ccc2C)c1. The molecule has 0 aliphatic carbocycles. The summed E-state index contributed by atoms with van der Waals surface area (Å²) in [5, 5.41) is 5.60. The number of methoxy groups -OCH3 is 1. The number of hydrogen-bond donors (Lipinski definition) is 3. The lowest BCUT2D eigenvalue weighted by molar-refractivity contribution is -0.116. The van der Waals surface area contributed by atoms with Gasteiger partial charge in [0.1, 0.15) is 5.75 Å². The molecule has 0 unspecified atom stereocenters. The average Bonchev–Trinajstić information content (AvgIpc) is 2.58. The number of ether oxygens (including phenoxy) is 1. The topological polar surface area (TPSA) is 93.5 Å². The van der Waals surface area contributed by atoms with Crippen LogP contribution in [-0.2, 0) is 4.79 Å². The number of amides is 2. The Morgan fingerprint density at radius 1 is 1.12 bits per heavy atom. The van der Waals surface area contributed by atoms with Gasteiger partial charge in [-0.1, -0.05) is 12.1 Å². The van der Waals surface area contributed by atoms with E-state index in [1.807, 2.05) is 13.0 Å². The fourth-order valence-electron chi connectivity index (χ4n) is 2.15. The summed E-state index contributed by atoms with van der Waals surface area (Å²) in [5.74, 6) is 0.205. The second-order valence-corrected chi connectivity index (χ2v) is 5.30. The first-order valence-corrected chi connectivity index (χ1v) is 7.59. The normalized spacial score (nSPS) is 10.1. The van der Waals surface area contributed by atoms with E-state index in [1.165, 1.54) is 0 Å². The van der Waals surface area contributed by atoms with Crippen LogP contribution >= 0.6 is 0 Å². The zero-order chi connectivity index (χ0) is 17.5. The summed E-state index contributed by atoms with van der Waals surface area (Å²) < 4.78 is 5.13. The lowest BCUT2D eigenvalue weighted by Gasteiger charge is -2.12. The van der Waals surface area contributed by atoms with Gasteiger partial charge in [-0.25, -0.2) is 0 Å². The molecule has 6 heteroatoms. The predicted octanol–water partition coefficient (Wildman–Crippen LogP) is 2.54. The van der Waals surface area contributed by atoms with Crippen molar-refractivity contribution in [1.29, 1.82) is 0 Å². The maximum absolute atomic E-state index is 12.4. The molecule has 0 atom stereocenters. The first kappa shape index (κ1) is 17.5. The number of anilines is 2. The van der Waals surface area contributed by atoms with Crippen LogP contribution in [0.2, 0.25) is 0 Å². The van der Waals surface area contributed by atoms with Gasteiger partial charge in [-0.2, -0.15) is 0 Å². The molecule has 0 aliphatic heterocycles. The third kappa shape index (κ3) is 4.57. The Morgan fingerprint density at radius 2 is 1.92 bits per heavy atom. The Labute approximate surface area is 141 Å². The second kappa shape index (κ2) is 8.12. The van der Waals surface area contributed by atoms with E-state index in [2.05, 4.69) is 10.6 Å². The van der Waals surface area contributed by atoms with Crippen LogP contribution < -0.4 is 21.1 Å². The number of carbonyl (C=O) groups is 2. The zero-order valence-electron chi connectivity index (χ0n) is 13.8. The van der Waals surface area contributed by atoms with Crippen LogP contribution in [0.15, 0.2) is 42.5 Å². The van der Waals surface area contributed by atoms with Crippen LogP contribution in [0.1, 0.15) is 22.3 Å². The van der Waals surface area contributed by atoms with Gasteiger partial charge in [0.05, 0.1) is 7.11 Å². The van der Waals surface area contributed by atoms with Crippen LogP contribution in [-0.4, -0.2) is 25.5 Å². The molecule has 2 rings (SSSR count). The van der Waals surface area contributed by atoms with Gasteiger partial charge < -0.3 is 21.1 Å². The Kier molecular flexibility index (Phi) is 5.92. The molecule has 2 aromatic carbocycles. The van der Waals surface area contributed by atoms with Gasteiger partial charge >= 0.3 is 0 Å². The Hall–Kier alpha value is -2.86. The average molecular weight is 327 g/mol. The molecule has 0 radical (unpaired) electrons. The highest BCUT2D eigenvalue weighted by Crippen LogP contribution is 2.22. The van der Waals surface area contributed by atoms with Crippen molar-refractivity contribution in [2.75, 3.05) is 24.3 Å². The van der Waals surface area contributed by atoms with Crippen molar-refractivity contribution in [3.63, 3.8) is 0 Å². The van der Waals surface area contributed by atoms with Gasteiger partial charge in [0.15, 0.2) is 0 Å². The minimum atomic E-state index is -0.248. The van der Waals surface area contributed by atoms with Gasteiger partial charge in [0.25, 0.3) is 5.91 Å². The van der Waals surface area contributed by atoms with E-state index < -0.39 is 0 Å². The fourth-order valence-corrected chi connectivity index (χ4v) is 2.15. The lowest BCUT2D eigenvalue weighted by Crippen LogP contribution is -2.17. The molecule has 2 aromatic rings. The molecule has 4 N–H and O–H groups in total. The van der Waals surface area contributed by atoms with Crippen molar-refractivity contribution in [3.8, 4) is 5.75 Å². The molecule has 0 aromatic heterocycles. The molecule has 0 aliphatic rings. The third-order valence-electron chi connectivity index (χ3n) is 3.47. The number of carbonyl (C=O) groups excluding carboxylic acids is 2. The third-order valence-corrected chi connectivity index (χ3v) is 3.47. The molecule has 0 heterocycles. The van der Waals surface area contributed by atoms with Gasteiger partial charge in [-0.05, 0) is 42.8 Å². The molecular weight excluding hydrogens is 306 g/mol. The Balaban J connectivity index is 2.16. The number of rotatable bonds is 6. The minimum Gasteiger partial charge on any atom is -0.497 e. The van der Waals surface area contributed by atoms with E-state index in [1.54, 1.807) is 43.5 Å². The van der Waals surface area contributed by atoms with Crippen LogP contribution in [0.5, 0.6) is 5.75 Å². The number of hydrogen-bond acceptors (Lipinski definition) is 4. The summed E-state index contributed by atoms with van der Waals surface area (Å²) in [5.41, 5.74) is 7.99. The molecule has 126 valence electrons. The molecule has 6 nitrogen and oxygen atoms in total. The standard InChI is InChI=1S/C18H21N3O3/c1-12-6-7-14(20-17(22)8-9-19)11-16(12)21-18(23)13-4-3-5-15(10-13)24-2/h3-7,10-11H,8-9,19H2,1-2H3,(H,20,22)(H,21,23). The largest absolute Gasteiger partial charge is 0.497 e. The Morgan fingerprint density at radius 3 is 2.62 bits per heavy atom. The predicted molar refractivity (Wildman–Crippen MR) is 94.4 cm³/mol. The maximum Gasteiger partial charge on any atom is 0.255 e. The summed E-state index contributed by atoms with van der Waals surface area (Å²) in [6.45, 7) is 2.17. The van der Waals surface area contributed by atoms with Crippen LogP contribution in [0.3, 0.4) is 0 Å². The highest BCUT2D eigenvalue weighted by Gasteiger charge is 2.10. The van der Waals surface area contributed by atoms with Crippen LogP contribution in [0, 0.1) is 6.92 Å². The van der Waals surface area contributed by atoms with Gasteiger partial charge in [0, 0.05) is 29.9 Å². The number of nitrogens with one attached hydrogen (secondary N) is 2. The second-order valence-electron chi connectivity index (χ2n) is 5.30. The van der Waals surface area contributed by atoms with Gasteiger partial charge in [-0.15, -0.1) is 0 Å². The number of nitrogens with two attached hydrogens (primary N) is 1. The highest BCUT2D eigenvalue weighted by molar-refractivity contribution is 6.05. The molecule has 0 bridgehead atoms. The summed E-state index contributed by atoms with van der Waals surface area (Å²) in [6, 6.07) is 12.2. The molecule has 2 amide bonds. The quantitative estimate of drug-likeness (QED) is 0.760. The number of benzene rings is 2. The monoisotopic (exact) mass is 327 g/mol. The summed E-state index contributed by atoms with van der Waals surface area (Å²) >= 11 is 0. The number of aryl methyl sites for hydroxylation is 1. The van der Waals surface area contributed by atoms with E-state index in [-0.39, 0.29) is 24.8 Å². The van der Waals surface area contributed by atoms with E-state index >= 15 is 0 Å². The minimum absolute atomic E-state index is 0.161.